The first kappa shape index (κ1) is 16.7. The zero-order chi connectivity index (χ0) is 16.9. The second-order valence-corrected chi connectivity index (χ2v) is 7.89. The summed E-state index contributed by atoms with van der Waals surface area (Å²) in [7, 11) is -0.845. The van der Waals surface area contributed by atoms with Gasteiger partial charge in [-0.05, 0) is 36.8 Å². The fraction of sp³-hybridized carbons (Fsp3) is 0.316. The summed E-state index contributed by atoms with van der Waals surface area (Å²) in [6, 6.07) is 16.7. The molecule has 3 rings (SSSR count). The predicted molar refractivity (Wildman–Crippen MR) is 95.9 cm³/mol. The third-order valence-corrected chi connectivity index (χ3v) is 5.88. The highest BCUT2D eigenvalue weighted by molar-refractivity contribution is 7.85. The maximum Gasteiger partial charge on any atom is 0.254 e. The molecule has 5 heteroatoms. The number of nitrogens with zero attached hydrogens (tertiary/aromatic N) is 1. The van der Waals surface area contributed by atoms with Gasteiger partial charge in [0.2, 0.25) is 0 Å². The summed E-state index contributed by atoms with van der Waals surface area (Å²) in [5.41, 5.74) is 0.601. The van der Waals surface area contributed by atoms with Gasteiger partial charge in [0.1, 0.15) is 11.5 Å². The van der Waals surface area contributed by atoms with Crippen LogP contribution in [0.4, 0.5) is 0 Å². The molecular weight excluding hydrogens is 322 g/mol. The normalized spacial score (nSPS) is 21.1. The van der Waals surface area contributed by atoms with E-state index in [0.29, 0.717) is 30.2 Å². The highest BCUT2D eigenvalue weighted by atomic mass is 32.2. The molecule has 0 aliphatic carbocycles. The van der Waals surface area contributed by atoms with E-state index >= 15 is 0 Å². The molecular formula is C19H21NO3S. The number of carbonyl (C=O) groups excluding carboxylic acids is 1. The Labute approximate surface area is 144 Å². The van der Waals surface area contributed by atoms with Crippen molar-refractivity contribution in [3.8, 4) is 11.5 Å². The quantitative estimate of drug-likeness (QED) is 0.857. The van der Waals surface area contributed by atoms with Gasteiger partial charge in [-0.3, -0.25) is 9.00 Å². The van der Waals surface area contributed by atoms with Crippen molar-refractivity contribution in [3.63, 3.8) is 0 Å². The number of hydrogen-bond acceptors (Lipinski definition) is 3. The molecule has 1 aliphatic rings. The Hall–Kier alpha value is -2.14. The van der Waals surface area contributed by atoms with E-state index in [4.69, 9.17) is 4.74 Å². The van der Waals surface area contributed by atoms with Gasteiger partial charge in [-0.15, -0.1) is 0 Å². The Morgan fingerprint density at radius 3 is 2.62 bits per heavy atom. The van der Waals surface area contributed by atoms with Crippen LogP contribution in [0, 0.1) is 0 Å². The zero-order valence-corrected chi connectivity index (χ0v) is 14.5. The van der Waals surface area contributed by atoms with Crippen molar-refractivity contribution in [1.82, 2.24) is 4.90 Å². The lowest BCUT2D eigenvalue weighted by molar-refractivity contribution is 0.0766. The Morgan fingerprint density at radius 2 is 1.83 bits per heavy atom. The number of para-hydroxylation sites is 1. The van der Waals surface area contributed by atoms with Crippen LogP contribution in [0.3, 0.4) is 0 Å². The van der Waals surface area contributed by atoms with Crippen LogP contribution in [-0.4, -0.2) is 39.1 Å². The highest BCUT2D eigenvalue weighted by Crippen LogP contribution is 2.23. The number of amides is 1. The number of hydrogen-bond donors (Lipinski definition) is 0. The third kappa shape index (κ3) is 4.03. The highest BCUT2D eigenvalue weighted by Gasteiger charge is 2.23. The minimum Gasteiger partial charge on any atom is -0.457 e. The molecule has 1 aliphatic heterocycles. The zero-order valence-electron chi connectivity index (χ0n) is 13.7. The summed E-state index contributed by atoms with van der Waals surface area (Å²) >= 11 is 0. The van der Waals surface area contributed by atoms with Crippen molar-refractivity contribution in [2.45, 2.75) is 18.6 Å². The summed E-state index contributed by atoms with van der Waals surface area (Å²) in [6.45, 7) is 3.17. The van der Waals surface area contributed by atoms with Crippen molar-refractivity contribution in [2.75, 3.05) is 18.8 Å². The Bertz CT molecular complexity index is 732. The molecule has 0 saturated carbocycles. The summed E-state index contributed by atoms with van der Waals surface area (Å²) in [5.74, 6) is 1.90. The summed E-state index contributed by atoms with van der Waals surface area (Å²) in [6.07, 6.45) is 0.776. The smallest absolute Gasteiger partial charge is 0.254 e. The molecule has 4 nitrogen and oxygen atoms in total. The largest absolute Gasteiger partial charge is 0.457 e. The standard InChI is InChI=1S/C19H21NO3S/c1-15-10-11-20(12-13-24(15)22)19(21)16-6-5-9-18(14-16)23-17-7-3-2-4-8-17/h2-9,14-15H,10-13H2,1H3. The van der Waals surface area contributed by atoms with Gasteiger partial charge in [0.15, 0.2) is 0 Å². The van der Waals surface area contributed by atoms with Gasteiger partial charge >= 0.3 is 0 Å². The molecule has 0 aromatic heterocycles. The van der Waals surface area contributed by atoms with Gasteiger partial charge in [-0.25, -0.2) is 0 Å². The van der Waals surface area contributed by atoms with Crippen LogP contribution < -0.4 is 4.74 Å². The van der Waals surface area contributed by atoms with E-state index in [2.05, 4.69) is 0 Å². The Kier molecular flexibility index (Phi) is 5.30. The Balaban J connectivity index is 1.73. The van der Waals surface area contributed by atoms with Gasteiger partial charge in [-0.1, -0.05) is 31.2 Å². The number of rotatable bonds is 3. The van der Waals surface area contributed by atoms with Crippen molar-refractivity contribution >= 4 is 16.7 Å². The molecule has 2 aromatic rings. The maximum absolute atomic E-state index is 12.7. The van der Waals surface area contributed by atoms with E-state index < -0.39 is 10.8 Å². The number of ether oxygens (including phenoxy) is 1. The molecule has 0 N–H and O–H groups in total. The average molecular weight is 343 g/mol. The summed E-state index contributed by atoms with van der Waals surface area (Å²) < 4.78 is 17.7. The first-order valence-electron chi connectivity index (χ1n) is 8.13. The minimum atomic E-state index is -0.845. The molecule has 0 spiro atoms. The lowest BCUT2D eigenvalue weighted by Gasteiger charge is -2.20. The second-order valence-electron chi connectivity index (χ2n) is 5.92. The number of carbonyl (C=O) groups is 1. The molecule has 1 saturated heterocycles. The van der Waals surface area contributed by atoms with Gasteiger partial charge in [0, 0.05) is 40.5 Å². The monoisotopic (exact) mass is 343 g/mol. The van der Waals surface area contributed by atoms with Gasteiger partial charge < -0.3 is 9.64 Å². The first-order chi connectivity index (χ1) is 11.6. The van der Waals surface area contributed by atoms with Gasteiger partial charge in [0.05, 0.1) is 0 Å². The minimum absolute atomic E-state index is 0.0281. The van der Waals surface area contributed by atoms with Crippen LogP contribution in [0.25, 0.3) is 0 Å². The third-order valence-electron chi connectivity index (χ3n) is 4.16. The van der Waals surface area contributed by atoms with E-state index in [1.807, 2.05) is 49.4 Å². The van der Waals surface area contributed by atoms with Crippen LogP contribution in [-0.2, 0) is 10.8 Å². The molecule has 24 heavy (non-hydrogen) atoms. The lowest BCUT2D eigenvalue weighted by Crippen LogP contribution is -2.33. The molecule has 126 valence electrons. The second kappa shape index (κ2) is 7.62. The SMILES string of the molecule is CC1CCN(C(=O)c2cccc(Oc3ccccc3)c2)CCS1=O. The molecule has 0 bridgehead atoms. The van der Waals surface area contributed by atoms with Crippen LogP contribution in [0.15, 0.2) is 54.6 Å². The van der Waals surface area contributed by atoms with Gasteiger partial charge in [0.25, 0.3) is 5.91 Å². The van der Waals surface area contributed by atoms with Crippen molar-refractivity contribution in [2.24, 2.45) is 0 Å². The van der Waals surface area contributed by atoms with Crippen LogP contribution in [0.2, 0.25) is 0 Å². The van der Waals surface area contributed by atoms with E-state index in [1.54, 1.807) is 17.0 Å². The average Bonchev–Trinajstić information content (AvgIpc) is 2.77. The summed E-state index contributed by atoms with van der Waals surface area (Å²) in [5, 5.41) is 0.149. The van der Waals surface area contributed by atoms with Crippen molar-refractivity contribution in [1.29, 1.82) is 0 Å². The van der Waals surface area contributed by atoms with E-state index in [9.17, 15) is 9.00 Å². The van der Waals surface area contributed by atoms with Crippen LogP contribution in [0.1, 0.15) is 23.7 Å². The molecule has 1 amide bonds. The molecule has 0 radical (unpaired) electrons. The first-order valence-corrected chi connectivity index (χ1v) is 9.51. The van der Waals surface area contributed by atoms with Crippen LogP contribution in [0.5, 0.6) is 11.5 Å². The molecule has 2 unspecified atom stereocenters. The molecule has 2 atom stereocenters. The van der Waals surface area contributed by atoms with E-state index in [-0.39, 0.29) is 11.2 Å². The van der Waals surface area contributed by atoms with Crippen molar-refractivity contribution in [3.05, 3.63) is 60.2 Å². The topological polar surface area (TPSA) is 46.6 Å². The fourth-order valence-electron chi connectivity index (χ4n) is 2.69. The van der Waals surface area contributed by atoms with E-state index in [0.717, 1.165) is 12.2 Å². The Morgan fingerprint density at radius 1 is 1.08 bits per heavy atom. The molecule has 1 fully saturated rings. The maximum atomic E-state index is 12.7. The van der Waals surface area contributed by atoms with E-state index in [1.165, 1.54) is 0 Å². The predicted octanol–water partition coefficient (Wildman–Crippen LogP) is 3.46. The van der Waals surface area contributed by atoms with Crippen LogP contribution >= 0.6 is 0 Å². The number of benzene rings is 2. The van der Waals surface area contributed by atoms with Gasteiger partial charge in [-0.2, -0.15) is 0 Å². The molecule has 2 aromatic carbocycles. The fourth-order valence-corrected chi connectivity index (χ4v) is 3.86. The molecule has 1 heterocycles. The lowest BCUT2D eigenvalue weighted by atomic mass is 10.1. The van der Waals surface area contributed by atoms with Crippen molar-refractivity contribution < 1.29 is 13.7 Å². The summed E-state index contributed by atoms with van der Waals surface area (Å²) in [4.78, 5) is 14.5.